The number of benzene rings is 2. The van der Waals surface area contributed by atoms with E-state index >= 15 is 0 Å². The minimum Gasteiger partial charge on any atom is -0.494 e. The number of hydrogen-bond donors (Lipinski definition) is 1. The van der Waals surface area contributed by atoms with Crippen molar-refractivity contribution in [2.24, 2.45) is 0 Å². The summed E-state index contributed by atoms with van der Waals surface area (Å²) in [6.07, 6.45) is 4.09. The molecule has 0 atom stereocenters. The molecule has 3 aromatic rings. The molecule has 0 spiro atoms. The number of hydrogen-bond acceptors (Lipinski definition) is 5. The second-order valence-electron chi connectivity index (χ2n) is 7.39. The standard InChI is InChI=1S/C26H28N4O3/c1-4-33-23-11-12-24(19(2)15-23)25-21(18-30(29-25)22-9-6-5-7-10-22)16-20(17-27)26(31)28-13-8-14-32-3/h5-7,9-12,15-16,18H,4,8,13-14H2,1-3H3,(H,28,31)/b20-16+. The van der Waals surface area contributed by atoms with Gasteiger partial charge in [-0.25, -0.2) is 4.68 Å². The summed E-state index contributed by atoms with van der Waals surface area (Å²) in [7, 11) is 1.61. The van der Waals surface area contributed by atoms with Gasteiger partial charge in [-0.05, 0) is 62.2 Å². The van der Waals surface area contributed by atoms with Crippen molar-refractivity contribution < 1.29 is 14.3 Å². The first-order valence-corrected chi connectivity index (χ1v) is 10.8. The van der Waals surface area contributed by atoms with Crippen molar-refractivity contribution in [3.63, 3.8) is 0 Å². The Morgan fingerprint density at radius 3 is 2.70 bits per heavy atom. The highest BCUT2D eigenvalue weighted by atomic mass is 16.5. The Kier molecular flexibility index (Phi) is 8.39. The fraction of sp³-hybridized carbons (Fsp3) is 0.269. The van der Waals surface area contributed by atoms with Crippen LogP contribution in [-0.4, -0.2) is 42.6 Å². The lowest BCUT2D eigenvalue weighted by Gasteiger charge is -2.09. The molecule has 7 nitrogen and oxygen atoms in total. The SMILES string of the molecule is CCOc1ccc(-c2nn(-c3ccccc3)cc2/C=C(\C#N)C(=O)NCCCOC)c(C)c1. The molecular formula is C26H28N4O3. The van der Waals surface area contributed by atoms with Gasteiger partial charge in [-0.3, -0.25) is 4.79 Å². The van der Waals surface area contributed by atoms with Gasteiger partial charge in [-0.1, -0.05) is 18.2 Å². The first-order chi connectivity index (χ1) is 16.1. The molecule has 7 heteroatoms. The fourth-order valence-electron chi connectivity index (χ4n) is 3.39. The number of amides is 1. The van der Waals surface area contributed by atoms with E-state index in [1.54, 1.807) is 17.9 Å². The Morgan fingerprint density at radius 1 is 1.24 bits per heavy atom. The molecule has 33 heavy (non-hydrogen) atoms. The zero-order valence-corrected chi connectivity index (χ0v) is 19.2. The topological polar surface area (TPSA) is 89.2 Å². The number of methoxy groups -OCH3 is 1. The Labute approximate surface area is 194 Å². The molecule has 1 aromatic heterocycles. The maximum absolute atomic E-state index is 12.6. The van der Waals surface area contributed by atoms with Gasteiger partial charge >= 0.3 is 0 Å². The zero-order valence-electron chi connectivity index (χ0n) is 19.2. The molecule has 0 radical (unpaired) electrons. The summed E-state index contributed by atoms with van der Waals surface area (Å²) in [6, 6.07) is 17.5. The van der Waals surface area contributed by atoms with Crippen LogP contribution in [0.1, 0.15) is 24.5 Å². The van der Waals surface area contributed by atoms with Gasteiger partial charge in [0.2, 0.25) is 0 Å². The largest absolute Gasteiger partial charge is 0.494 e. The number of aromatic nitrogens is 2. The van der Waals surface area contributed by atoms with Gasteiger partial charge in [-0.15, -0.1) is 0 Å². The first-order valence-electron chi connectivity index (χ1n) is 10.8. The van der Waals surface area contributed by atoms with Crippen LogP contribution < -0.4 is 10.1 Å². The third-order valence-electron chi connectivity index (χ3n) is 5.00. The number of aryl methyl sites for hydroxylation is 1. The second kappa shape index (κ2) is 11.7. The van der Waals surface area contributed by atoms with E-state index in [2.05, 4.69) is 5.32 Å². The molecular weight excluding hydrogens is 416 g/mol. The van der Waals surface area contributed by atoms with Crippen LogP contribution in [0.15, 0.2) is 60.3 Å². The van der Waals surface area contributed by atoms with Crippen LogP contribution in [0, 0.1) is 18.3 Å². The van der Waals surface area contributed by atoms with Crippen molar-refractivity contribution in [2.75, 3.05) is 26.9 Å². The van der Waals surface area contributed by atoms with Crippen molar-refractivity contribution in [3.05, 3.63) is 71.4 Å². The third-order valence-corrected chi connectivity index (χ3v) is 5.00. The van der Waals surface area contributed by atoms with Gasteiger partial charge in [0.1, 0.15) is 23.1 Å². The van der Waals surface area contributed by atoms with Crippen molar-refractivity contribution in [3.8, 4) is 28.8 Å². The molecule has 0 aliphatic rings. The number of carbonyl (C=O) groups is 1. The maximum atomic E-state index is 12.6. The van der Waals surface area contributed by atoms with Gasteiger partial charge in [0, 0.05) is 37.6 Å². The monoisotopic (exact) mass is 444 g/mol. The quantitative estimate of drug-likeness (QED) is 0.286. The molecule has 1 N–H and O–H groups in total. The van der Waals surface area contributed by atoms with Gasteiger partial charge in [0.05, 0.1) is 12.3 Å². The molecule has 0 aliphatic carbocycles. The molecule has 0 fully saturated rings. The highest BCUT2D eigenvalue weighted by Crippen LogP contribution is 2.30. The van der Waals surface area contributed by atoms with Gasteiger partial charge in [0.15, 0.2) is 0 Å². The summed E-state index contributed by atoms with van der Waals surface area (Å²) in [5.41, 5.74) is 4.14. The van der Waals surface area contributed by atoms with Crippen molar-refractivity contribution in [1.82, 2.24) is 15.1 Å². The van der Waals surface area contributed by atoms with Crippen LogP contribution >= 0.6 is 0 Å². The van der Waals surface area contributed by atoms with Crippen molar-refractivity contribution in [2.45, 2.75) is 20.3 Å². The number of nitrogens with zero attached hydrogens (tertiary/aromatic N) is 3. The fourth-order valence-corrected chi connectivity index (χ4v) is 3.39. The summed E-state index contributed by atoms with van der Waals surface area (Å²) in [6.45, 7) is 5.48. The Bertz CT molecular complexity index is 1160. The van der Waals surface area contributed by atoms with Crippen LogP contribution in [0.5, 0.6) is 5.75 Å². The molecule has 3 rings (SSSR count). The number of para-hydroxylation sites is 1. The van der Waals surface area contributed by atoms with E-state index in [4.69, 9.17) is 14.6 Å². The molecule has 2 aromatic carbocycles. The predicted octanol–water partition coefficient (Wildman–Crippen LogP) is 4.31. The summed E-state index contributed by atoms with van der Waals surface area (Å²) in [4.78, 5) is 12.6. The van der Waals surface area contributed by atoms with E-state index in [1.165, 1.54) is 0 Å². The first kappa shape index (κ1) is 23.8. The smallest absolute Gasteiger partial charge is 0.261 e. The molecule has 0 aliphatic heterocycles. The minimum absolute atomic E-state index is 0.0184. The summed E-state index contributed by atoms with van der Waals surface area (Å²) in [5.74, 6) is 0.363. The Morgan fingerprint density at radius 2 is 2.03 bits per heavy atom. The summed E-state index contributed by atoms with van der Waals surface area (Å²) in [5, 5.41) is 17.2. The molecule has 0 bridgehead atoms. The van der Waals surface area contributed by atoms with Crippen LogP contribution in [0.3, 0.4) is 0 Å². The molecule has 0 saturated carbocycles. The van der Waals surface area contributed by atoms with Crippen molar-refractivity contribution in [1.29, 1.82) is 5.26 Å². The van der Waals surface area contributed by atoms with Crippen molar-refractivity contribution >= 4 is 12.0 Å². The molecule has 170 valence electrons. The van der Waals surface area contributed by atoms with Crippen LogP contribution in [0.2, 0.25) is 0 Å². The molecule has 1 heterocycles. The predicted molar refractivity (Wildman–Crippen MR) is 128 cm³/mol. The summed E-state index contributed by atoms with van der Waals surface area (Å²) >= 11 is 0. The normalized spacial score (nSPS) is 11.2. The van der Waals surface area contributed by atoms with E-state index in [0.29, 0.717) is 37.4 Å². The average Bonchev–Trinajstić information content (AvgIpc) is 3.24. The third kappa shape index (κ3) is 6.09. The molecule has 0 saturated heterocycles. The number of ether oxygens (including phenoxy) is 2. The highest BCUT2D eigenvalue weighted by Gasteiger charge is 2.16. The Balaban J connectivity index is 2.02. The van der Waals surface area contributed by atoms with E-state index in [-0.39, 0.29) is 5.57 Å². The van der Waals surface area contributed by atoms with E-state index in [9.17, 15) is 10.1 Å². The van der Waals surface area contributed by atoms with Gasteiger partial charge in [-0.2, -0.15) is 10.4 Å². The number of nitriles is 1. The number of rotatable bonds is 10. The lowest BCUT2D eigenvalue weighted by Crippen LogP contribution is -2.26. The maximum Gasteiger partial charge on any atom is 0.261 e. The van der Waals surface area contributed by atoms with Gasteiger partial charge in [0.25, 0.3) is 5.91 Å². The second-order valence-corrected chi connectivity index (χ2v) is 7.39. The number of carbonyl (C=O) groups excluding carboxylic acids is 1. The van der Waals surface area contributed by atoms with E-state index in [0.717, 1.165) is 22.6 Å². The Hall–Kier alpha value is -3.89. The van der Waals surface area contributed by atoms with Gasteiger partial charge < -0.3 is 14.8 Å². The van der Waals surface area contributed by atoms with Crippen LogP contribution in [0.25, 0.3) is 23.0 Å². The lowest BCUT2D eigenvalue weighted by atomic mass is 10.0. The zero-order chi connectivity index (χ0) is 23.6. The average molecular weight is 445 g/mol. The molecule has 0 unspecified atom stereocenters. The number of nitrogens with one attached hydrogen (secondary N) is 1. The minimum atomic E-state index is -0.421. The van der Waals surface area contributed by atoms with E-state index < -0.39 is 5.91 Å². The van der Waals surface area contributed by atoms with Crippen LogP contribution in [-0.2, 0) is 9.53 Å². The molecule has 1 amide bonds. The van der Waals surface area contributed by atoms with Crippen LogP contribution in [0.4, 0.5) is 0 Å². The lowest BCUT2D eigenvalue weighted by molar-refractivity contribution is -0.117. The summed E-state index contributed by atoms with van der Waals surface area (Å²) < 4.78 is 12.4. The van der Waals surface area contributed by atoms with E-state index in [1.807, 2.05) is 74.6 Å². The highest BCUT2D eigenvalue weighted by molar-refractivity contribution is 6.02.